The molecule has 3 rings (SSSR count). The largest absolute Gasteiger partial charge is 0.404 e. The van der Waals surface area contributed by atoms with Gasteiger partial charge >= 0.3 is 0 Å². The molecule has 0 aromatic rings. The zero-order valence-corrected chi connectivity index (χ0v) is 16.9. The van der Waals surface area contributed by atoms with Gasteiger partial charge in [-0.2, -0.15) is 0 Å². The Balaban J connectivity index is 1.60. The van der Waals surface area contributed by atoms with Crippen molar-refractivity contribution in [2.45, 2.75) is 76.7 Å². The lowest BCUT2D eigenvalue weighted by Crippen LogP contribution is -2.54. The van der Waals surface area contributed by atoms with Crippen LogP contribution in [0.15, 0.2) is 0 Å². The molecule has 5 unspecified atom stereocenters. The highest BCUT2D eigenvalue weighted by Crippen LogP contribution is 2.58. The first-order valence-corrected chi connectivity index (χ1v) is 12.1. The van der Waals surface area contributed by atoms with E-state index in [1.807, 2.05) is 6.92 Å². The summed E-state index contributed by atoms with van der Waals surface area (Å²) in [5.74, 6) is 6.72. The highest BCUT2D eigenvalue weighted by Gasteiger charge is 2.64. The van der Waals surface area contributed by atoms with Crippen molar-refractivity contribution in [2.75, 3.05) is 13.2 Å². The van der Waals surface area contributed by atoms with Crippen molar-refractivity contribution in [3.8, 4) is 11.8 Å². The van der Waals surface area contributed by atoms with Crippen molar-refractivity contribution in [2.24, 2.45) is 17.8 Å². The number of fused-ring (bicyclic) bond motifs is 2. The Morgan fingerprint density at radius 3 is 2.46 bits per heavy atom. The van der Waals surface area contributed by atoms with E-state index in [9.17, 15) is 5.11 Å². The number of hydrogen-bond acceptors (Lipinski definition) is 4. The first-order chi connectivity index (χ1) is 11.1. The molecule has 1 aliphatic heterocycles. The molecule has 0 amide bonds. The third-order valence-corrected chi connectivity index (χ3v) is 11.0. The van der Waals surface area contributed by atoms with Gasteiger partial charge in [0.25, 0.3) is 0 Å². The summed E-state index contributed by atoms with van der Waals surface area (Å²) in [5.41, 5.74) is 0. The molecule has 3 fully saturated rings. The van der Waals surface area contributed by atoms with Crippen LogP contribution in [-0.4, -0.2) is 44.6 Å². The van der Waals surface area contributed by atoms with E-state index in [0.29, 0.717) is 19.1 Å². The molecule has 5 atom stereocenters. The Kier molecular flexibility index (Phi) is 4.68. The number of aliphatic hydroxyl groups excluding tert-OH is 1. The molecule has 1 N–H and O–H groups in total. The van der Waals surface area contributed by atoms with Crippen molar-refractivity contribution < 1.29 is 19.0 Å². The van der Waals surface area contributed by atoms with Crippen molar-refractivity contribution >= 4 is 8.32 Å². The van der Waals surface area contributed by atoms with Crippen LogP contribution < -0.4 is 0 Å². The van der Waals surface area contributed by atoms with Gasteiger partial charge in [-0.3, -0.25) is 0 Å². The molecule has 24 heavy (non-hydrogen) atoms. The molecule has 0 aromatic heterocycles. The lowest BCUT2D eigenvalue weighted by molar-refractivity contribution is -0.275. The zero-order valence-electron chi connectivity index (χ0n) is 15.9. The van der Waals surface area contributed by atoms with Crippen molar-refractivity contribution in [1.29, 1.82) is 0 Å². The Labute approximate surface area is 147 Å². The van der Waals surface area contributed by atoms with Gasteiger partial charge in [-0.15, -0.1) is 0 Å². The fourth-order valence-electron chi connectivity index (χ4n) is 4.03. The van der Waals surface area contributed by atoms with Crippen LogP contribution in [0.5, 0.6) is 0 Å². The van der Waals surface area contributed by atoms with E-state index in [0.717, 1.165) is 12.8 Å². The van der Waals surface area contributed by atoms with Gasteiger partial charge in [0.05, 0.1) is 19.3 Å². The smallest absolute Gasteiger partial charge is 0.193 e. The van der Waals surface area contributed by atoms with Gasteiger partial charge in [0, 0.05) is 18.3 Å². The standard InChI is InChI=1S/C19H32O4Si/c1-13(23-24(5,6)18(2,3)4)7-8-14-11-16-15(17(14)20)12-19(16)21-9-10-22-19/h13-17,20H,9-12H2,1-6H3. The SMILES string of the molecule is CC(C#CC1CC2C(CC23OCCO3)C1O)O[Si](C)(C)C(C)(C)C. The number of ether oxygens (including phenoxy) is 2. The maximum absolute atomic E-state index is 10.6. The molecular formula is C19H32O4Si. The second-order valence-corrected chi connectivity index (χ2v) is 13.9. The molecule has 5 heteroatoms. The molecule has 0 aromatic carbocycles. The summed E-state index contributed by atoms with van der Waals surface area (Å²) in [5, 5.41) is 10.7. The Morgan fingerprint density at radius 1 is 1.25 bits per heavy atom. The highest BCUT2D eigenvalue weighted by molar-refractivity contribution is 6.74. The maximum atomic E-state index is 10.6. The van der Waals surface area contributed by atoms with E-state index in [2.05, 4.69) is 45.7 Å². The van der Waals surface area contributed by atoms with Crippen molar-refractivity contribution in [3.63, 3.8) is 0 Å². The van der Waals surface area contributed by atoms with E-state index in [-0.39, 0.29) is 29.1 Å². The van der Waals surface area contributed by atoms with Crippen molar-refractivity contribution in [1.82, 2.24) is 0 Å². The fraction of sp³-hybridized carbons (Fsp3) is 0.895. The van der Waals surface area contributed by atoms with E-state index in [4.69, 9.17) is 13.9 Å². The van der Waals surface area contributed by atoms with Crippen LogP contribution in [0.4, 0.5) is 0 Å². The minimum absolute atomic E-state index is 0.0117. The topological polar surface area (TPSA) is 47.9 Å². The van der Waals surface area contributed by atoms with E-state index < -0.39 is 14.1 Å². The molecule has 2 aliphatic carbocycles. The predicted molar refractivity (Wildman–Crippen MR) is 95.9 cm³/mol. The van der Waals surface area contributed by atoms with Crippen LogP contribution in [0.25, 0.3) is 0 Å². The summed E-state index contributed by atoms with van der Waals surface area (Å²) >= 11 is 0. The Hall–Kier alpha value is -0.383. The summed E-state index contributed by atoms with van der Waals surface area (Å²) < 4.78 is 17.9. The minimum atomic E-state index is -1.81. The van der Waals surface area contributed by atoms with Gasteiger partial charge in [-0.05, 0) is 37.4 Å². The second kappa shape index (κ2) is 6.10. The normalized spacial score (nSPS) is 36.0. The van der Waals surface area contributed by atoms with Crippen molar-refractivity contribution in [3.05, 3.63) is 0 Å². The van der Waals surface area contributed by atoms with Crippen LogP contribution >= 0.6 is 0 Å². The van der Waals surface area contributed by atoms with Crippen LogP contribution in [0.3, 0.4) is 0 Å². The van der Waals surface area contributed by atoms with Gasteiger partial charge in [-0.1, -0.05) is 32.6 Å². The van der Waals surface area contributed by atoms with Gasteiger partial charge in [0.1, 0.15) is 6.10 Å². The molecule has 1 heterocycles. The second-order valence-electron chi connectivity index (χ2n) is 9.13. The third kappa shape index (κ3) is 3.08. The van der Waals surface area contributed by atoms with Gasteiger partial charge in [-0.25, -0.2) is 0 Å². The summed E-state index contributed by atoms with van der Waals surface area (Å²) in [4.78, 5) is 0. The van der Waals surface area contributed by atoms with E-state index in [1.54, 1.807) is 0 Å². The average Bonchev–Trinajstić information content (AvgIpc) is 3.01. The van der Waals surface area contributed by atoms with Gasteiger partial charge < -0.3 is 19.0 Å². The minimum Gasteiger partial charge on any atom is -0.404 e. The molecule has 1 saturated heterocycles. The first-order valence-electron chi connectivity index (χ1n) is 9.21. The molecule has 3 aliphatic rings. The van der Waals surface area contributed by atoms with E-state index in [1.165, 1.54) is 0 Å². The lowest BCUT2D eigenvalue weighted by Gasteiger charge is -2.48. The van der Waals surface area contributed by atoms with Crippen LogP contribution in [0.2, 0.25) is 18.1 Å². The Bertz CT molecular complexity index is 536. The van der Waals surface area contributed by atoms with Crippen LogP contribution in [-0.2, 0) is 13.9 Å². The average molecular weight is 353 g/mol. The Morgan fingerprint density at radius 2 is 1.88 bits per heavy atom. The lowest BCUT2D eigenvalue weighted by atomic mass is 9.69. The fourth-order valence-corrected chi connectivity index (χ4v) is 5.33. The molecule has 0 bridgehead atoms. The van der Waals surface area contributed by atoms with E-state index >= 15 is 0 Å². The first kappa shape index (κ1) is 18.4. The summed E-state index contributed by atoms with van der Waals surface area (Å²) in [6.07, 6.45) is 1.23. The molecule has 1 spiro atoms. The molecule has 2 saturated carbocycles. The molecule has 0 radical (unpaired) electrons. The summed E-state index contributed by atoms with van der Waals surface area (Å²) in [6.45, 7) is 14.6. The summed E-state index contributed by atoms with van der Waals surface area (Å²) in [7, 11) is -1.81. The van der Waals surface area contributed by atoms with Gasteiger partial charge in [0.2, 0.25) is 0 Å². The monoisotopic (exact) mass is 352 g/mol. The summed E-state index contributed by atoms with van der Waals surface area (Å²) in [6, 6.07) is 0. The number of aliphatic hydroxyl groups is 1. The molecule has 136 valence electrons. The predicted octanol–water partition coefficient (Wildman–Crippen LogP) is 3.16. The van der Waals surface area contributed by atoms with Gasteiger partial charge in [0.15, 0.2) is 14.1 Å². The third-order valence-electron chi connectivity index (χ3n) is 6.49. The van der Waals surface area contributed by atoms with Crippen LogP contribution in [0, 0.1) is 29.6 Å². The zero-order chi connectivity index (χ0) is 17.8. The van der Waals surface area contributed by atoms with Crippen LogP contribution in [0.1, 0.15) is 40.5 Å². The quantitative estimate of drug-likeness (QED) is 0.613. The highest BCUT2D eigenvalue weighted by atomic mass is 28.4. The molecular weight excluding hydrogens is 320 g/mol. The number of hydrogen-bond donors (Lipinski definition) is 1. The maximum Gasteiger partial charge on any atom is 0.193 e. The number of rotatable bonds is 2. The molecule has 4 nitrogen and oxygen atoms in total.